The normalized spacial score (nSPS) is 10.4. The van der Waals surface area contributed by atoms with Crippen LogP contribution in [-0.4, -0.2) is 25.7 Å². The number of nitrogens with zero attached hydrogens (tertiary/aromatic N) is 2. The van der Waals surface area contributed by atoms with Crippen LogP contribution in [0.1, 0.15) is 19.4 Å². The lowest BCUT2D eigenvalue weighted by molar-refractivity contribution is 0.298. The SMILES string of the molecule is C=C(OCC)c1cnc(N(C)/C=C/C)c(OC)c1. The van der Waals surface area contributed by atoms with E-state index in [4.69, 9.17) is 9.47 Å². The van der Waals surface area contributed by atoms with E-state index in [1.165, 1.54) is 0 Å². The molecule has 0 aliphatic carbocycles. The van der Waals surface area contributed by atoms with Gasteiger partial charge in [0.05, 0.1) is 13.7 Å². The minimum atomic E-state index is 0.585. The molecule has 0 saturated heterocycles. The molecule has 0 aliphatic rings. The van der Waals surface area contributed by atoms with Crippen molar-refractivity contribution in [3.8, 4) is 5.75 Å². The molecule has 1 heterocycles. The molecular formula is C14H20N2O2. The van der Waals surface area contributed by atoms with Crippen LogP contribution in [0.25, 0.3) is 5.76 Å². The number of aromatic nitrogens is 1. The second-order valence-electron chi connectivity index (χ2n) is 3.70. The van der Waals surface area contributed by atoms with E-state index in [0.29, 0.717) is 18.1 Å². The number of pyridine rings is 1. The molecule has 18 heavy (non-hydrogen) atoms. The first-order chi connectivity index (χ1) is 8.63. The van der Waals surface area contributed by atoms with Gasteiger partial charge in [-0.3, -0.25) is 0 Å². The summed E-state index contributed by atoms with van der Waals surface area (Å²) in [6, 6.07) is 1.88. The lowest BCUT2D eigenvalue weighted by atomic mass is 10.2. The van der Waals surface area contributed by atoms with Crippen LogP contribution in [0, 0.1) is 0 Å². The predicted octanol–water partition coefficient (Wildman–Crippen LogP) is 3.07. The van der Waals surface area contributed by atoms with Gasteiger partial charge in [-0.25, -0.2) is 4.98 Å². The van der Waals surface area contributed by atoms with Gasteiger partial charge in [0.2, 0.25) is 0 Å². The lowest BCUT2D eigenvalue weighted by Crippen LogP contribution is -2.11. The summed E-state index contributed by atoms with van der Waals surface area (Å²) in [6.45, 7) is 8.31. The summed E-state index contributed by atoms with van der Waals surface area (Å²) in [5.74, 6) is 2.04. The quantitative estimate of drug-likeness (QED) is 0.725. The molecule has 98 valence electrons. The van der Waals surface area contributed by atoms with Gasteiger partial charge in [-0.05, 0) is 19.9 Å². The van der Waals surface area contributed by atoms with E-state index in [-0.39, 0.29) is 0 Å². The van der Waals surface area contributed by atoms with Crippen LogP contribution in [0.4, 0.5) is 5.82 Å². The molecule has 1 rings (SSSR count). The van der Waals surface area contributed by atoms with Gasteiger partial charge in [0.1, 0.15) is 5.76 Å². The number of hydrogen-bond donors (Lipinski definition) is 0. The van der Waals surface area contributed by atoms with Gasteiger partial charge < -0.3 is 14.4 Å². The van der Waals surface area contributed by atoms with Crippen LogP contribution in [0.5, 0.6) is 5.75 Å². The fourth-order valence-electron chi connectivity index (χ4n) is 1.56. The zero-order valence-electron chi connectivity index (χ0n) is 11.4. The van der Waals surface area contributed by atoms with Crippen LogP contribution in [0.2, 0.25) is 0 Å². The molecule has 0 spiro atoms. The largest absolute Gasteiger partial charge is 0.494 e. The Morgan fingerprint density at radius 3 is 2.83 bits per heavy atom. The highest BCUT2D eigenvalue weighted by atomic mass is 16.5. The van der Waals surface area contributed by atoms with Gasteiger partial charge in [-0.15, -0.1) is 0 Å². The van der Waals surface area contributed by atoms with E-state index in [0.717, 1.165) is 11.4 Å². The molecule has 1 aromatic heterocycles. The van der Waals surface area contributed by atoms with E-state index >= 15 is 0 Å². The fraction of sp³-hybridized carbons (Fsp3) is 0.357. The summed E-state index contributed by atoms with van der Waals surface area (Å²) in [5.41, 5.74) is 0.825. The van der Waals surface area contributed by atoms with Gasteiger partial charge in [0.25, 0.3) is 0 Å². The Labute approximate surface area is 109 Å². The summed E-state index contributed by atoms with van der Waals surface area (Å²) in [4.78, 5) is 6.28. The average molecular weight is 248 g/mol. The molecule has 4 heteroatoms. The molecule has 4 nitrogen and oxygen atoms in total. The minimum Gasteiger partial charge on any atom is -0.494 e. The molecular weight excluding hydrogens is 228 g/mol. The molecule has 0 atom stereocenters. The second kappa shape index (κ2) is 6.69. The summed E-state index contributed by atoms with van der Waals surface area (Å²) in [7, 11) is 3.54. The third-order valence-electron chi connectivity index (χ3n) is 2.40. The zero-order valence-corrected chi connectivity index (χ0v) is 11.4. The predicted molar refractivity (Wildman–Crippen MR) is 74.7 cm³/mol. The van der Waals surface area contributed by atoms with E-state index < -0.39 is 0 Å². The fourth-order valence-corrected chi connectivity index (χ4v) is 1.56. The van der Waals surface area contributed by atoms with E-state index in [1.807, 2.05) is 44.1 Å². The first-order valence-electron chi connectivity index (χ1n) is 5.85. The molecule has 0 aromatic carbocycles. The summed E-state index contributed by atoms with van der Waals surface area (Å²) in [5, 5.41) is 0. The van der Waals surface area contributed by atoms with Crippen molar-refractivity contribution in [2.75, 3.05) is 25.7 Å². The van der Waals surface area contributed by atoms with Crippen molar-refractivity contribution >= 4 is 11.6 Å². The first-order valence-corrected chi connectivity index (χ1v) is 5.85. The number of allylic oxidation sites excluding steroid dienone is 1. The Balaban J connectivity index is 3.07. The Morgan fingerprint density at radius 1 is 1.56 bits per heavy atom. The Morgan fingerprint density at radius 2 is 2.28 bits per heavy atom. The van der Waals surface area contributed by atoms with Crippen molar-refractivity contribution in [3.63, 3.8) is 0 Å². The molecule has 0 bridgehead atoms. The van der Waals surface area contributed by atoms with Crippen molar-refractivity contribution in [2.45, 2.75) is 13.8 Å². The second-order valence-corrected chi connectivity index (χ2v) is 3.70. The highest BCUT2D eigenvalue weighted by Crippen LogP contribution is 2.28. The number of hydrogen-bond acceptors (Lipinski definition) is 4. The molecule has 1 aromatic rings. The molecule has 0 aliphatic heterocycles. The molecule has 0 fully saturated rings. The Bertz CT molecular complexity index is 441. The smallest absolute Gasteiger partial charge is 0.175 e. The van der Waals surface area contributed by atoms with E-state index in [1.54, 1.807) is 13.3 Å². The number of rotatable bonds is 6. The topological polar surface area (TPSA) is 34.6 Å². The number of anilines is 1. The molecule has 0 unspecified atom stereocenters. The van der Waals surface area contributed by atoms with Gasteiger partial charge in [-0.1, -0.05) is 12.7 Å². The maximum atomic E-state index is 5.36. The van der Waals surface area contributed by atoms with Crippen LogP contribution in [0.15, 0.2) is 31.1 Å². The number of ether oxygens (including phenoxy) is 2. The van der Waals surface area contributed by atoms with Crippen molar-refractivity contribution in [2.24, 2.45) is 0 Å². The van der Waals surface area contributed by atoms with Gasteiger partial charge in [0.15, 0.2) is 11.6 Å². The van der Waals surface area contributed by atoms with Crippen molar-refractivity contribution < 1.29 is 9.47 Å². The van der Waals surface area contributed by atoms with Gasteiger partial charge in [-0.2, -0.15) is 0 Å². The molecule has 0 saturated carbocycles. The zero-order chi connectivity index (χ0) is 13.5. The van der Waals surface area contributed by atoms with Crippen LogP contribution >= 0.6 is 0 Å². The Kier molecular flexibility index (Phi) is 5.24. The highest BCUT2D eigenvalue weighted by molar-refractivity contribution is 5.63. The van der Waals surface area contributed by atoms with Crippen molar-refractivity contribution in [3.05, 3.63) is 36.7 Å². The van der Waals surface area contributed by atoms with Crippen LogP contribution < -0.4 is 9.64 Å². The minimum absolute atomic E-state index is 0.585. The lowest BCUT2D eigenvalue weighted by Gasteiger charge is -2.17. The molecule has 0 N–H and O–H groups in total. The summed E-state index contributed by atoms with van der Waals surface area (Å²) >= 11 is 0. The maximum absolute atomic E-state index is 5.36. The van der Waals surface area contributed by atoms with Gasteiger partial charge in [0, 0.05) is 25.0 Å². The van der Waals surface area contributed by atoms with Crippen molar-refractivity contribution in [1.82, 2.24) is 4.98 Å². The molecule has 0 radical (unpaired) electrons. The third-order valence-corrected chi connectivity index (χ3v) is 2.40. The van der Waals surface area contributed by atoms with Crippen LogP contribution in [0.3, 0.4) is 0 Å². The molecule has 0 amide bonds. The highest BCUT2D eigenvalue weighted by Gasteiger charge is 2.10. The van der Waals surface area contributed by atoms with E-state index in [9.17, 15) is 0 Å². The average Bonchev–Trinajstić information content (AvgIpc) is 2.38. The van der Waals surface area contributed by atoms with Crippen LogP contribution in [-0.2, 0) is 4.74 Å². The summed E-state index contributed by atoms with van der Waals surface area (Å²) < 4.78 is 10.7. The number of methoxy groups -OCH3 is 1. The maximum Gasteiger partial charge on any atom is 0.175 e. The van der Waals surface area contributed by atoms with E-state index in [2.05, 4.69) is 11.6 Å². The standard InChI is InChI=1S/C14H20N2O2/c1-6-8-16(4)14-13(17-5)9-12(10-15-14)11(3)18-7-2/h6,8-10H,3,7H2,1-2,4-5H3/b8-6+. The summed E-state index contributed by atoms with van der Waals surface area (Å²) in [6.07, 6.45) is 5.59. The Hall–Kier alpha value is -1.97. The van der Waals surface area contributed by atoms with Crippen molar-refractivity contribution in [1.29, 1.82) is 0 Å². The first kappa shape index (κ1) is 14.1. The monoisotopic (exact) mass is 248 g/mol. The van der Waals surface area contributed by atoms with Gasteiger partial charge >= 0.3 is 0 Å². The third kappa shape index (κ3) is 3.26.